The lowest BCUT2D eigenvalue weighted by Crippen LogP contribution is -2.45. The van der Waals surface area contributed by atoms with Gasteiger partial charge in [0.25, 0.3) is 0 Å². The zero-order valence-corrected chi connectivity index (χ0v) is 13.3. The van der Waals surface area contributed by atoms with Gasteiger partial charge in [0.05, 0.1) is 6.54 Å². The first-order chi connectivity index (χ1) is 9.61. The minimum atomic E-state index is 0.138. The largest absolute Gasteiger partial charge is 0.385 e. The number of carbonyl (C=O) groups is 1. The number of hydrogen-bond donors (Lipinski definition) is 2. The van der Waals surface area contributed by atoms with Gasteiger partial charge < -0.3 is 15.4 Å². The maximum Gasteiger partial charge on any atom is 0.234 e. The van der Waals surface area contributed by atoms with Crippen LogP contribution in [0.4, 0.5) is 0 Å². The molecule has 1 amide bonds. The fourth-order valence-electron chi connectivity index (χ4n) is 2.57. The number of rotatable bonds is 9. The average molecular weight is 285 g/mol. The highest BCUT2D eigenvalue weighted by atomic mass is 16.5. The summed E-state index contributed by atoms with van der Waals surface area (Å²) in [5.41, 5.74) is 0. The smallest absolute Gasteiger partial charge is 0.234 e. The van der Waals surface area contributed by atoms with E-state index < -0.39 is 0 Å². The molecule has 1 aliphatic heterocycles. The van der Waals surface area contributed by atoms with Crippen LogP contribution in [0.5, 0.6) is 0 Å². The number of hydrogen-bond acceptors (Lipinski definition) is 4. The summed E-state index contributed by atoms with van der Waals surface area (Å²) in [4.78, 5) is 14.1. The number of carbonyl (C=O) groups excluding carboxylic acids is 1. The first-order valence-corrected chi connectivity index (χ1v) is 7.83. The number of methoxy groups -OCH3 is 1. The van der Waals surface area contributed by atoms with Crippen molar-refractivity contribution in [3.63, 3.8) is 0 Å². The third kappa shape index (κ3) is 7.82. The van der Waals surface area contributed by atoms with Crippen LogP contribution in [0.2, 0.25) is 0 Å². The van der Waals surface area contributed by atoms with Crippen molar-refractivity contribution in [3.05, 3.63) is 0 Å². The Morgan fingerprint density at radius 2 is 2.25 bits per heavy atom. The van der Waals surface area contributed by atoms with Gasteiger partial charge in [-0.25, -0.2) is 0 Å². The molecule has 0 spiro atoms. The van der Waals surface area contributed by atoms with Crippen molar-refractivity contribution in [2.24, 2.45) is 5.92 Å². The van der Waals surface area contributed by atoms with E-state index in [0.29, 0.717) is 31.7 Å². The van der Waals surface area contributed by atoms with Gasteiger partial charge in [0.1, 0.15) is 0 Å². The van der Waals surface area contributed by atoms with Crippen LogP contribution in [0.15, 0.2) is 0 Å². The molecule has 118 valence electrons. The lowest BCUT2D eigenvalue weighted by atomic mass is 9.98. The molecule has 20 heavy (non-hydrogen) atoms. The van der Waals surface area contributed by atoms with Gasteiger partial charge in [-0.1, -0.05) is 13.8 Å². The van der Waals surface area contributed by atoms with Crippen molar-refractivity contribution < 1.29 is 9.53 Å². The van der Waals surface area contributed by atoms with E-state index >= 15 is 0 Å². The van der Waals surface area contributed by atoms with Crippen molar-refractivity contribution >= 4 is 5.91 Å². The topological polar surface area (TPSA) is 53.6 Å². The summed E-state index contributed by atoms with van der Waals surface area (Å²) in [5, 5.41) is 6.45. The Kier molecular flexibility index (Phi) is 8.82. The molecule has 5 nitrogen and oxygen atoms in total. The fourth-order valence-corrected chi connectivity index (χ4v) is 2.57. The molecule has 1 rings (SSSR count). The van der Waals surface area contributed by atoms with Crippen LogP contribution in [0, 0.1) is 5.92 Å². The number of piperidine rings is 1. The standard InChI is InChI=1S/C15H31N3O2/c1-13(2)17-10-14-6-4-8-18(11-14)12-15(19)16-7-5-9-20-3/h13-14,17H,4-12H2,1-3H3,(H,16,19). The molecule has 1 heterocycles. The van der Waals surface area contributed by atoms with Gasteiger partial charge in [-0.3, -0.25) is 9.69 Å². The molecular formula is C15H31N3O2. The summed E-state index contributed by atoms with van der Waals surface area (Å²) in [6.45, 7) is 9.43. The van der Waals surface area contributed by atoms with Crippen molar-refractivity contribution in [3.8, 4) is 0 Å². The second kappa shape index (κ2) is 10.1. The molecule has 0 saturated carbocycles. The Morgan fingerprint density at radius 1 is 1.45 bits per heavy atom. The highest BCUT2D eigenvalue weighted by Gasteiger charge is 2.21. The number of likely N-dealkylation sites (tertiary alicyclic amines) is 1. The predicted octanol–water partition coefficient (Wildman–Crippen LogP) is 0.849. The molecule has 1 aliphatic rings. The van der Waals surface area contributed by atoms with Crippen LogP contribution >= 0.6 is 0 Å². The molecule has 0 aromatic rings. The minimum absolute atomic E-state index is 0.138. The van der Waals surface area contributed by atoms with Crippen LogP contribution in [-0.2, 0) is 9.53 Å². The van der Waals surface area contributed by atoms with Crippen LogP contribution in [0.25, 0.3) is 0 Å². The molecule has 1 atom stereocenters. The summed E-state index contributed by atoms with van der Waals surface area (Å²) in [7, 11) is 1.68. The Bertz CT molecular complexity index is 272. The number of amides is 1. The Morgan fingerprint density at radius 3 is 2.95 bits per heavy atom. The van der Waals surface area contributed by atoms with Crippen molar-refractivity contribution in [1.82, 2.24) is 15.5 Å². The van der Waals surface area contributed by atoms with Crippen LogP contribution in [-0.4, -0.2) is 63.3 Å². The van der Waals surface area contributed by atoms with E-state index in [1.54, 1.807) is 7.11 Å². The first-order valence-electron chi connectivity index (χ1n) is 7.83. The van der Waals surface area contributed by atoms with Crippen LogP contribution in [0.1, 0.15) is 33.1 Å². The number of nitrogens with zero attached hydrogens (tertiary/aromatic N) is 1. The van der Waals surface area contributed by atoms with Gasteiger partial charge in [0.15, 0.2) is 0 Å². The third-order valence-corrected chi connectivity index (χ3v) is 3.63. The minimum Gasteiger partial charge on any atom is -0.385 e. The highest BCUT2D eigenvalue weighted by Crippen LogP contribution is 2.15. The van der Waals surface area contributed by atoms with E-state index in [1.165, 1.54) is 12.8 Å². The average Bonchev–Trinajstić information content (AvgIpc) is 2.42. The van der Waals surface area contributed by atoms with Gasteiger partial charge in [-0.15, -0.1) is 0 Å². The molecule has 5 heteroatoms. The second-order valence-electron chi connectivity index (χ2n) is 6.00. The first kappa shape index (κ1) is 17.4. The lowest BCUT2D eigenvalue weighted by molar-refractivity contribution is -0.122. The van der Waals surface area contributed by atoms with Crippen molar-refractivity contribution in [1.29, 1.82) is 0 Å². The fraction of sp³-hybridized carbons (Fsp3) is 0.933. The molecule has 1 unspecified atom stereocenters. The zero-order valence-electron chi connectivity index (χ0n) is 13.3. The Labute approximate surface area is 123 Å². The molecule has 0 aromatic heterocycles. The zero-order chi connectivity index (χ0) is 14.8. The summed E-state index contributed by atoms with van der Waals surface area (Å²) < 4.78 is 4.97. The van der Waals surface area contributed by atoms with Gasteiger partial charge in [-0.2, -0.15) is 0 Å². The normalized spacial score (nSPS) is 20.3. The van der Waals surface area contributed by atoms with Crippen LogP contribution in [0.3, 0.4) is 0 Å². The number of ether oxygens (including phenoxy) is 1. The maximum atomic E-state index is 11.8. The van der Waals surface area contributed by atoms with Gasteiger partial charge in [-0.05, 0) is 38.3 Å². The quantitative estimate of drug-likeness (QED) is 0.617. The maximum absolute atomic E-state index is 11.8. The lowest BCUT2D eigenvalue weighted by Gasteiger charge is -2.32. The van der Waals surface area contributed by atoms with Gasteiger partial charge >= 0.3 is 0 Å². The molecule has 1 fully saturated rings. The second-order valence-corrected chi connectivity index (χ2v) is 6.00. The summed E-state index contributed by atoms with van der Waals surface area (Å²) in [6.07, 6.45) is 3.34. The molecular weight excluding hydrogens is 254 g/mol. The summed E-state index contributed by atoms with van der Waals surface area (Å²) in [6, 6.07) is 0.537. The highest BCUT2D eigenvalue weighted by molar-refractivity contribution is 5.77. The molecule has 2 N–H and O–H groups in total. The Balaban J connectivity index is 2.17. The molecule has 1 saturated heterocycles. The van der Waals surface area contributed by atoms with E-state index in [9.17, 15) is 4.79 Å². The number of nitrogens with one attached hydrogen (secondary N) is 2. The summed E-state index contributed by atoms with van der Waals surface area (Å²) >= 11 is 0. The van der Waals surface area contributed by atoms with Gasteiger partial charge in [0, 0.05) is 32.8 Å². The van der Waals surface area contributed by atoms with E-state index in [0.717, 1.165) is 26.1 Å². The van der Waals surface area contributed by atoms with Crippen LogP contribution < -0.4 is 10.6 Å². The van der Waals surface area contributed by atoms with E-state index in [2.05, 4.69) is 29.4 Å². The molecule has 0 radical (unpaired) electrons. The third-order valence-electron chi connectivity index (χ3n) is 3.63. The SMILES string of the molecule is COCCCNC(=O)CN1CCCC(CNC(C)C)C1. The predicted molar refractivity (Wildman–Crippen MR) is 81.8 cm³/mol. The summed E-state index contributed by atoms with van der Waals surface area (Å²) in [5.74, 6) is 0.811. The molecule has 0 aliphatic carbocycles. The molecule has 0 bridgehead atoms. The van der Waals surface area contributed by atoms with Crippen molar-refractivity contribution in [2.45, 2.75) is 39.2 Å². The van der Waals surface area contributed by atoms with E-state index in [-0.39, 0.29) is 5.91 Å². The Hall–Kier alpha value is -0.650. The van der Waals surface area contributed by atoms with E-state index in [4.69, 9.17) is 4.74 Å². The van der Waals surface area contributed by atoms with Crippen molar-refractivity contribution in [2.75, 3.05) is 46.4 Å². The van der Waals surface area contributed by atoms with E-state index in [1.807, 2.05) is 0 Å². The monoisotopic (exact) mass is 285 g/mol. The van der Waals surface area contributed by atoms with Gasteiger partial charge in [0.2, 0.25) is 5.91 Å². The molecule has 0 aromatic carbocycles.